The number of aliphatic hydroxyl groups excluding tert-OH is 2. The van der Waals surface area contributed by atoms with Crippen LogP contribution in [0.1, 0.15) is 79.1 Å². The fourth-order valence-corrected chi connectivity index (χ4v) is 6.12. The van der Waals surface area contributed by atoms with Gasteiger partial charge in [-0.05, 0) is 86.2 Å². The van der Waals surface area contributed by atoms with Gasteiger partial charge in [-0.2, -0.15) is 0 Å². The van der Waals surface area contributed by atoms with Gasteiger partial charge in [0.2, 0.25) is 0 Å². The van der Waals surface area contributed by atoms with Gasteiger partial charge in [0, 0.05) is 13.0 Å². The Morgan fingerprint density at radius 1 is 1.21 bits per heavy atom. The lowest BCUT2D eigenvalue weighted by Gasteiger charge is -2.44. The fraction of sp³-hybridized carbons (Fsp3) is 0.769. The molecule has 164 valence electrons. The third kappa shape index (κ3) is 5.06. The van der Waals surface area contributed by atoms with Gasteiger partial charge in [0.25, 0.3) is 0 Å². The average Bonchev–Trinajstić information content (AvgIpc) is 3.00. The smallest absolute Gasteiger partial charge is 0.0811 e. The number of fused-ring (bicyclic) bond motifs is 1. The van der Waals surface area contributed by atoms with Crippen molar-refractivity contribution in [1.82, 2.24) is 0 Å². The van der Waals surface area contributed by atoms with E-state index in [-0.39, 0.29) is 0 Å². The molecule has 0 saturated heterocycles. The molecule has 0 bridgehead atoms. The summed E-state index contributed by atoms with van der Waals surface area (Å²) in [6, 6.07) is 0. The van der Waals surface area contributed by atoms with E-state index in [9.17, 15) is 10.2 Å². The number of ether oxygens (including phenoxy) is 1. The number of rotatable bonds is 6. The van der Waals surface area contributed by atoms with Crippen molar-refractivity contribution in [1.29, 1.82) is 0 Å². The summed E-state index contributed by atoms with van der Waals surface area (Å²) in [6.07, 6.45) is 12.0. The molecule has 3 nitrogen and oxygen atoms in total. The van der Waals surface area contributed by atoms with E-state index in [0.717, 1.165) is 30.6 Å². The van der Waals surface area contributed by atoms with E-state index in [0.29, 0.717) is 42.1 Å². The highest BCUT2D eigenvalue weighted by atomic mass is 16.5. The number of hydrogen-bond donors (Lipinski definition) is 2. The predicted molar refractivity (Wildman–Crippen MR) is 120 cm³/mol. The molecule has 3 heteroatoms. The zero-order valence-corrected chi connectivity index (χ0v) is 19.0. The standard InChI is InChI=1S/C26H42O3/c1-17(2)12-14-29-19(4)23-10-11-24-20(7-6-13-26(23,24)5)8-9-21-15-22(27)16-25(28)18(21)3/h8-9,17,19,22-25,27-28H,3,6-7,10-16H2,1-2,4-5H3/b20-8+,21-9-/t19-,22+,23+,24-,25?,26+/m0/s1. The highest BCUT2D eigenvalue weighted by Gasteiger charge is 2.51. The maximum atomic E-state index is 10.1. The second kappa shape index (κ2) is 9.49. The quantitative estimate of drug-likeness (QED) is 0.610. The normalized spacial score (nSPS) is 39.3. The second-order valence-electron chi connectivity index (χ2n) is 10.4. The summed E-state index contributed by atoms with van der Waals surface area (Å²) in [4.78, 5) is 0. The molecule has 0 aromatic heterocycles. The van der Waals surface area contributed by atoms with Gasteiger partial charge < -0.3 is 14.9 Å². The van der Waals surface area contributed by atoms with Crippen LogP contribution in [0.2, 0.25) is 0 Å². The van der Waals surface area contributed by atoms with E-state index in [1.165, 1.54) is 25.7 Å². The van der Waals surface area contributed by atoms with Crippen molar-refractivity contribution in [2.45, 2.75) is 97.4 Å². The highest BCUT2D eigenvalue weighted by Crippen LogP contribution is 2.58. The molecule has 0 radical (unpaired) electrons. The Morgan fingerprint density at radius 2 is 1.97 bits per heavy atom. The van der Waals surface area contributed by atoms with Crippen LogP contribution in [-0.2, 0) is 4.74 Å². The molecule has 6 atom stereocenters. The lowest BCUT2D eigenvalue weighted by atomic mass is 9.62. The van der Waals surface area contributed by atoms with E-state index in [1.54, 1.807) is 5.57 Å². The minimum atomic E-state index is -0.611. The Morgan fingerprint density at radius 3 is 2.69 bits per heavy atom. The molecule has 3 rings (SSSR count). The van der Waals surface area contributed by atoms with E-state index in [4.69, 9.17) is 4.74 Å². The molecule has 0 aliphatic heterocycles. The molecule has 0 aromatic carbocycles. The lowest BCUT2D eigenvalue weighted by Crippen LogP contribution is -2.38. The summed E-state index contributed by atoms with van der Waals surface area (Å²) in [5.74, 6) is 1.95. The van der Waals surface area contributed by atoms with Gasteiger partial charge in [0.1, 0.15) is 0 Å². The Labute approximate surface area is 177 Å². The molecule has 0 spiro atoms. The number of hydrogen-bond acceptors (Lipinski definition) is 3. The van der Waals surface area contributed by atoms with Crippen LogP contribution in [0.15, 0.2) is 35.5 Å². The van der Waals surface area contributed by atoms with Crippen LogP contribution in [0.5, 0.6) is 0 Å². The summed E-state index contributed by atoms with van der Waals surface area (Å²) in [7, 11) is 0. The SMILES string of the molecule is C=C1/C(=C\C=C2/CCC[C@]3(C)[C@@H]([C@H](C)OCCC(C)C)CC[C@@H]23)C[C@@H](O)CC1O. The first-order valence-corrected chi connectivity index (χ1v) is 11.8. The van der Waals surface area contributed by atoms with E-state index >= 15 is 0 Å². The van der Waals surface area contributed by atoms with Crippen LogP contribution in [0.3, 0.4) is 0 Å². The molecular formula is C26H42O3. The van der Waals surface area contributed by atoms with Gasteiger partial charge in [0.15, 0.2) is 0 Å². The predicted octanol–water partition coefficient (Wildman–Crippen LogP) is 5.58. The summed E-state index contributed by atoms with van der Waals surface area (Å²) in [5, 5.41) is 20.1. The van der Waals surface area contributed by atoms with Gasteiger partial charge in [-0.25, -0.2) is 0 Å². The minimum absolute atomic E-state index is 0.322. The van der Waals surface area contributed by atoms with Crippen LogP contribution in [0.4, 0.5) is 0 Å². The van der Waals surface area contributed by atoms with Crippen molar-refractivity contribution in [3.8, 4) is 0 Å². The maximum absolute atomic E-state index is 10.1. The van der Waals surface area contributed by atoms with Gasteiger partial charge in [-0.3, -0.25) is 0 Å². The van der Waals surface area contributed by atoms with Crippen LogP contribution in [0.25, 0.3) is 0 Å². The van der Waals surface area contributed by atoms with Crippen LogP contribution in [-0.4, -0.2) is 35.1 Å². The Hall–Kier alpha value is -0.900. The zero-order valence-electron chi connectivity index (χ0n) is 19.0. The summed E-state index contributed by atoms with van der Waals surface area (Å²) >= 11 is 0. The first-order valence-electron chi connectivity index (χ1n) is 11.8. The van der Waals surface area contributed by atoms with Crippen molar-refractivity contribution >= 4 is 0 Å². The van der Waals surface area contributed by atoms with E-state index in [1.807, 2.05) is 0 Å². The Balaban J connectivity index is 1.71. The Bertz CT molecular complexity index is 646. The number of allylic oxidation sites excluding steroid dienone is 3. The van der Waals surface area contributed by atoms with Crippen molar-refractivity contribution in [3.63, 3.8) is 0 Å². The Kier molecular flexibility index (Phi) is 7.46. The largest absolute Gasteiger partial charge is 0.393 e. The molecule has 29 heavy (non-hydrogen) atoms. The number of aliphatic hydroxyl groups is 2. The van der Waals surface area contributed by atoms with Gasteiger partial charge >= 0.3 is 0 Å². The topological polar surface area (TPSA) is 49.7 Å². The monoisotopic (exact) mass is 402 g/mol. The molecular weight excluding hydrogens is 360 g/mol. The van der Waals surface area contributed by atoms with Gasteiger partial charge in [0.05, 0.1) is 18.3 Å². The van der Waals surface area contributed by atoms with Crippen molar-refractivity contribution in [3.05, 3.63) is 35.5 Å². The second-order valence-corrected chi connectivity index (χ2v) is 10.4. The van der Waals surface area contributed by atoms with E-state index in [2.05, 4.69) is 46.4 Å². The molecule has 0 heterocycles. The molecule has 3 aliphatic rings. The molecule has 0 aromatic rings. The van der Waals surface area contributed by atoms with Crippen molar-refractivity contribution in [2.24, 2.45) is 23.2 Å². The molecule has 3 fully saturated rings. The van der Waals surface area contributed by atoms with Gasteiger partial charge in [-0.1, -0.05) is 45.1 Å². The minimum Gasteiger partial charge on any atom is -0.393 e. The van der Waals surface area contributed by atoms with Crippen molar-refractivity contribution in [2.75, 3.05) is 6.61 Å². The third-order valence-electron chi connectivity index (χ3n) is 7.94. The van der Waals surface area contributed by atoms with Gasteiger partial charge in [-0.15, -0.1) is 0 Å². The molecule has 0 amide bonds. The zero-order chi connectivity index (χ0) is 21.2. The fourth-order valence-electron chi connectivity index (χ4n) is 6.12. The van der Waals surface area contributed by atoms with Crippen LogP contribution >= 0.6 is 0 Å². The summed E-state index contributed by atoms with van der Waals surface area (Å²) in [6.45, 7) is 14.2. The van der Waals surface area contributed by atoms with Crippen LogP contribution < -0.4 is 0 Å². The molecule has 3 aliphatic carbocycles. The van der Waals surface area contributed by atoms with Crippen LogP contribution in [0, 0.1) is 23.2 Å². The summed E-state index contributed by atoms with van der Waals surface area (Å²) < 4.78 is 6.28. The lowest BCUT2D eigenvalue weighted by molar-refractivity contribution is -0.0279. The molecule has 1 unspecified atom stereocenters. The van der Waals surface area contributed by atoms with E-state index < -0.39 is 12.2 Å². The first kappa shape index (κ1) is 22.8. The maximum Gasteiger partial charge on any atom is 0.0811 e. The molecule has 3 saturated carbocycles. The molecule has 2 N–H and O–H groups in total. The summed E-state index contributed by atoms with van der Waals surface area (Å²) in [5.41, 5.74) is 3.66. The first-order chi connectivity index (χ1) is 13.7. The highest BCUT2D eigenvalue weighted by molar-refractivity contribution is 5.38. The average molecular weight is 403 g/mol. The third-order valence-corrected chi connectivity index (χ3v) is 7.94. The van der Waals surface area contributed by atoms with Crippen molar-refractivity contribution < 1.29 is 14.9 Å².